The zero-order valence-corrected chi connectivity index (χ0v) is 16.0. The van der Waals surface area contributed by atoms with Crippen LogP contribution in [-0.4, -0.2) is 50.2 Å². The minimum absolute atomic E-state index is 0.262. The maximum Gasteiger partial charge on any atom is 0.246 e. The summed E-state index contributed by atoms with van der Waals surface area (Å²) in [5, 5.41) is 8.24. The van der Waals surface area contributed by atoms with Crippen LogP contribution in [0.4, 0.5) is 0 Å². The smallest absolute Gasteiger partial charge is 0.246 e. The van der Waals surface area contributed by atoms with E-state index in [4.69, 9.17) is 0 Å². The van der Waals surface area contributed by atoms with Crippen LogP contribution in [-0.2, 0) is 17.1 Å². The number of sulfonamides is 1. The first-order valence-corrected chi connectivity index (χ1v) is 10.00. The molecule has 0 aliphatic carbocycles. The van der Waals surface area contributed by atoms with Crippen molar-refractivity contribution >= 4 is 27.3 Å². The fraction of sp³-hybridized carbons (Fsp3) is 0.278. The van der Waals surface area contributed by atoms with Crippen molar-refractivity contribution in [1.29, 1.82) is 0 Å². The summed E-state index contributed by atoms with van der Waals surface area (Å²) in [6.45, 7) is 6.37. The molecule has 4 rings (SSSR count). The summed E-state index contributed by atoms with van der Waals surface area (Å²) in [5.41, 5.74) is 4.42. The summed E-state index contributed by atoms with van der Waals surface area (Å²) < 4.78 is 30.6. The first-order chi connectivity index (χ1) is 12.9. The molecule has 0 saturated carbocycles. The zero-order chi connectivity index (χ0) is 19.2. The highest BCUT2D eigenvalue weighted by atomic mass is 32.2. The van der Waals surface area contributed by atoms with Gasteiger partial charge in [0.2, 0.25) is 10.0 Å². The standard InChI is InChI=1S/C18H20N6O2S/c1-4-14-9-18-19-12-21-24(18)11-16(14)15-5-7-23(8-6-15)27(25,26)17-10-20-22(3)13(17)2/h4-5,9-12H,1,6-8H2,2-3H3. The van der Waals surface area contributed by atoms with Gasteiger partial charge in [-0.2, -0.15) is 14.5 Å². The van der Waals surface area contributed by atoms with Crippen molar-refractivity contribution in [3.05, 3.63) is 54.3 Å². The van der Waals surface area contributed by atoms with E-state index in [1.54, 1.807) is 29.2 Å². The highest BCUT2D eigenvalue weighted by Crippen LogP contribution is 2.29. The lowest BCUT2D eigenvalue weighted by molar-refractivity contribution is 0.440. The van der Waals surface area contributed by atoms with E-state index in [9.17, 15) is 8.42 Å². The van der Waals surface area contributed by atoms with Crippen LogP contribution >= 0.6 is 0 Å². The Kier molecular flexibility index (Phi) is 4.20. The first kappa shape index (κ1) is 17.6. The lowest BCUT2D eigenvalue weighted by Crippen LogP contribution is -2.35. The fourth-order valence-electron chi connectivity index (χ4n) is 3.30. The summed E-state index contributed by atoms with van der Waals surface area (Å²) >= 11 is 0. The van der Waals surface area contributed by atoms with Crippen LogP contribution < -0.4 is 0 Å². The van der Waals surface area contributed by atoms with Gasteiger partial charge in [-0.25, -0.2) is 17.9 Å². The number of aromatic nitrogens is 5. The molecule has 3 aromatic heterocycles. The molecule has 140 valence electrons. The van der Waals surface area contributed by atoms with Gasteiger partial charge in [0.25, 0.3) is 0 Å². The van der Waals surface area contributed by atoms with Crippen LogP contribution in [0.15, 0.2) is 42.3 Å². The van der Waals surface area contributed by atoms with E-state index in [0.29, 0.717) is 25.2 Å². The average molecular weight is 384 g/mol. The molecule has 0 fully saturated rings. The molecule has 0 unspecified atom stereocenters. The van der Waals surface area contributed by atoms with Gasteiger partial charge >= 0.3 is 0 Å². The molecule has 0 saturated heterocycles. The Morgan fingerprint density at radius 1 is 1.30 bits per heavy atom. The second-order valence-corrected chi connectivity index (χ2v) is 8.38. The van der Waals surface area contributed by atoms with Crippen LogP contribution in [0.5, 0.6) is 0 Å². The molecule has 0 amide bonds. The van der Waals surface area contributed by atoms with Crippen LogP contribution in [0, 0.1) is 6.92 Å². The van der Waals surface area contributed by atoms with Gasteiger partial charge in [0.05, 0.1) is 11.9 Å². The molecule has 9 heteroatoms. The van der Waals surface area contributed by atoms with Gasteiger partial charge in [0, 0.05) is 31.9 Å². The quantitative estimate of drug-likeness (QED) is 0.686. The minimum atomic E-state index is -3.56. The van der Waals surface area contributed by atoms with Crippen molar-refractivity contribution in [2.45, 2.75) is 18.2 Å². The first-order valence-electron chi connectivity index (χ1n) is 8.56. The SMILES string of the molecule is C=Cc1cc2ncnn2cc1C1=CCN(S(=O)(=O)c2cnn(C)c2C)CC1. The van der Waals surface area contributed by atoms with Crippen LogP contribution in [0.1, 0.15) is 23.2 Å². The molecule has 0 aromatic carbocycles. The van der Waals surface area contributed by atoms with Crippen molar-refractivity contribution in [2.24, 2.45) is 7.05 Å². The van der Waals surface area contributed by atoms with Crippen molar-refractivity contribution in [1.82, 2.24) is 28.7 Å². The third-order valence-corrected chi connectivity index (χ3v) is 6.96. The predicted octanol–water partition coefficient (Wildman–Crippen LogP) is 1.89. The lowest BCUT2D eigenvalue weighted by Gasteiger charge is -2.26. The largest absolute Gasteiger partial charge is 0.272 e. The lowest BCUT2D eigenvalue weighted by atomic mass is 9.97. The van der Waals surface area contributed by atoms with Gasteiger partial charge in [-0.1, -0.05) is 18.7 Å². The number of hydrogen-bond acceptors (Lipinski definition) is 5. The monoisotopic (exact) mass is 384 g/mol. The van der Waals surface area contributed by atoms with E-state index in [1.807, 2.05) is 18.3 Å². The second-order valence-electron chi connectivity index (χ2n) is 6.47. The van der Waals surface area contributed by atoms with Gasteiger partial charge in [-0.15, -0.1) is 0 Å². The van der Waals surface area contributed by atoms with Crippen molar-refractivity contribution < 1.29 is 8.42 Å². The van der Waals surface area contributed by atoms with E-state index in [2.05, 4.69) is 21.8 Å². The van der Waals surface area contributed by atoms with E-state index >= 15 is 0 Å². The van der Waals surface area contributed by atoms with E-state index in [0.717, 1.165) is 22.3 Å². The molecular formula is C18H20N6O2S. The number of nitrogens with zero attached hydrogens (tertiary/aromatic N) is 6. The Labute approximate surface area is 157 Å². The molecule has 1 aliphatic rings. The van der Waals surface area contributed by atoms with Crippen LogP contribution in [0.3, 0.4) is 0 Å². The van der Waals surface area contributed by atoms with Gasteiger partial charge < -0.3 is 0 Å². The minimum Gasteiger partial charge on any atom is -0.272 e. The molecule has 0 radical (unpaired) electrons. The van der Waals surface area contributed by atoms with E-state index < -0.39 is 10.0 Å². The molecule has 3 aromatic rings. The summed E-state index contributed by atoms with van der Waals surface area (Å²) in [7, 11) is -1.83. The average Bonchev–Trinajstić information content (AvgIpc) is 3.27. The molecular weight excluding hydrogens is 364 g/mol. The Balaban J connectivity index is 1.66. The molecule has 0 N–H and O–H groups in total. The number of pyridine rings is 1. The zero-order valence-electron chi connectivity index (χ0n) is 15.2. The fourth-order valence-corrected chi connectivity index (χ4v) is 4.86. The number of rotatable bonds is 4. The summed E-state index contributed by atoms with van der Waals surface area (Å²) in [6.07, 6.45) is 9.19. The molecule has 8 nitrogen and oxygen atoms in total. The molecule has 4 heterocycles. The second kappa shape index (κ2) is 6.43. The summed E-state index contributed by atoms with van der Waals surface area (Å²) in [5.74, 6) is 0. The maximum atomic E-state index is 12.9. The maximum absolute atomic E-state index is 12.9. The topological polar surface area (TPSA) is 85.4 Å². The number of aryl methyl sites for hydroxylation is 1. The number of fused-ring (bicyclic) bond motifs is 1. The van der Waals surface area contributed by atoms with Crippen LogP contribution in [0.2, 0.25) is 0 Å². The Hall–Kier alpha value is -2.78. The highest BCUT2D eigenvalue weighted by molar-refractivity contribution is 7.89. The predicted molar refractivity (Wildman–Crippen MR) is 102 cm³/mol. The Bertz CT molecular complexity index is 1170. The third-order valence-electron chi connectivity index (χ3n) is 4.99. The normalized spacial score (nSPS) is 15.9. The summed E-state index contributed by atoms with van der Waals surface area (Å²) in [6, 6.07) is 1.93. The third kappa shape index (κ3) is 2.88. The molecule has 1 aliphatic heterocycles. The van der Waals surface area contributed by atoms with Gasteiger partial charge in [0.1, 0.15) is 11.2 Å². The van der Waals surface area contributed by atoms with Crippen molar-refractivity contribution in [3.63, 3.8) is 0 Å². The summed E-state index contributed by atoms with van der Waals surface area (Å²) in [4.78, 5) is 4.45. The van der Waals surface area contributed by atoms with Gasteiger partial charge in [0.15, 0.2) is 5.65 Å². The van der Waals surface area contributed by atoms with Crippen LogP contribution in [0.25, 0.3) is 17.3 Å². The van der Waals surface area contributed by atoms with Gasteiger partial charge in [-0.05, 0) is 30.5 Å². The van der Waals surface area contributed by atoms with Gasteiger partial charge in [-0.3, -0.25) is 4.68 Å². The number of hydrogen-bond donors (Lipinski definition) is 0. The highest BCUT2D eigenvalue weighted by Gasteiger charge is 2.29. The van der Waals surface area contributed by atoms with E-state index in [1.165, 1.54) is 16.8 Å². The molecule has 0 atom stereocenters. The Morgan fingerprint density at radius 3 is 2.74 bits per heavy atom. The van der Waals surface area contributed by atoms with E-state index in [-0.39, 0.29) is 4.90 Å². The van der Waals surface area contributed by atoms with Crippen molar-refractivity contribution in [2.75, 3.05) is 13.1 Å². The Morgan fingerprint density at radius 2 is 2.11 bits per heavy atom. The molecule has 0 bridgehead atoms. The molecule has 27 heavy (non-hydrogen) atoms. The molecule has 0 spiro atoms. The van der Waals surface area contributed by atoms with Crippen molar-refractivity contribution in [3.8, 4) is 0 Å².